The van der Waals surface area contributed by atoms with Crippen molar-refractivity contribution in [3.05, 3.63) is 30.2 Å². The highest BCUT2D eigenvalue weighted by molar-refractivity contribution is 5.98. The van der Waals surface area contributed by atoms with Gasteiger partial charge in [0, 0.05) is 5.56 Å². The third-order valence-corrected chi connectivity index (χ3v) is 3.04. The van der Waals surface area contributed by atoms with Crippen LogP contribution in [0.3, 0.4) is 0 Å². The lowest BCUT2D eigenvalue weighted by Crippen LogP contribution is -2.40. The van der Waals surface area contributed by atoms with Crippen molar-refractivity contribution in [1.29, 1.82) is 0 Å². The molecule has 20 heavy (non-hydrogen) atoms. The molecule has 0 bridgehead atoms. The van der Waals surface area contributed by atoms with Crippen LogP contribution in [0, 0.1) is 0 Å². The second kappa shape index (κ2) is 6.18. The Morgan fingerprint density at radius 3 is 2.95 bits per heavy atom. The van der Waals surface area contributed by atoms with Gasteiger partial charge in [0.25, 0.3) is 5.91 Å². The zero-order valence-electron chi connectivity index (χ0n) is 11.1. The summed E-state index contributed by atoms with van der Waals surface area (Å²) in [4.78, 5) is 27.1. The quantitative estimate of drug-likeness (QED) is 0.843. The van der Waals surface area contributed by atoms with E-state index in [1.807, 2.05) is 6.92 Å². The average Bonchev–Trinajstić information content (AvgIpc) is 2.90. The number of hydrogen-bond donors (Lipinski definition) is 2. The number of carboxylic acid groups (broad SMARTS) is 1. The Labute approximate surface area is 115 Å². The summed E-state index contributed by atoms with van der Waals surface area (Å²) >= 11 is 0. The number of unbranched alkanes of at least 4 members (excludes halogenated alkanes) is 1. The minimum Gasteiger partial charge on any atom is -0.480 e. The lowest BCUT2D eigenvalue weighted by atomic mass is 10.1. The van der Waals surface area contributed by atoms with E-state index in [0.717, 1.165) is 12.8 Å². The van der Waals surface area contributed by atoms with Gasteiger partial charge in [-0.15, -0.1) is 0 Å². The van der Waals surface area contributed by atoms with E-state index < -0.39 is 17.9 Å². The monoisotopic (exact) mass is 276 g/mol. The first-order valence-electron chi connectivity index (χ1n) is 6.48. The van der Waals surface area contributed by atoms with Gasteiger partial charge in [0.1, 0.15) is 11.6 Å². The van der Waals surface area contributed by atoms with E-state index >= 15 is 0 Å². The van der Waals surface area contributed by atoms with Gasteiger partial charge in [0.2, 0.25) is 0 Å². The van der Waals surface area contributed by atoms with Crippen molar-refractivity contribution in [1.82, 2.24) is 10.3 Å². The number of oxazole rings is 1. The van der Waals surface area contributed by atoms with E-state index in [9.17, 15) is 9.59 Å². The number of carbonyl (C=O) groups excluding carboxylic acids is 1. The van der Waals surface area contributed by atoms with Gasteiger partial charge in [-0.1, -0.05) is 19.8 Å². The first-order valence-corrected chi connectivity index (χ1v) is 6.48. The summed E-state index contributed by atoms with van der Waals surface area (Å²) in [5, 5.41) is 11.6. The zero-order valence-corrected chi connectivity index (χ0v) is 11.1. The normalized spacial score (nSPS) is 12.2. The summed E-state index contributed by atoms with van der Waals surface area (Å²) in [5.41, 5.74) is 1.52. The molecule has 2 aromatic rings. The van der Waals surface area contributed by atoms with Crippen molar-refractivity contribution in [2.45, 2.75) is 32.2 Å². The van der Waals surface area contributed by atoms with Gasteiger partial charge in [-0.2, -0.15) is 0 Å². The molecule has 0 aliphatic heterocycles. The molecule has 6 heteroatoms. The molecule has 1 atom stereocenters. The molecule has 0 spiro atoms. The molecule has 6 nitrogen and oxygen atoms in total. The van der Waals surface area contributed by atoms with Crippen molar-refractivity contribution in [2.24, 2.45) is 0 Å². The number of amides is 1. The van der Waals surface area contributed by atoms with E-state index in [4.69, 9.17) is 9.52 Å². The maximum Gasteiger partial charge on any atom is 0.326 e. The molecule has 2 rings (SSSR count). The minimum absolute atomic E-state index is 0.370. The number of nitrogens with zero attached hydrogens (tertiary/aromatic N) is 1. The molecule has 0 aliphatic carbocycles. The first-order chi connectivity index (χ1) is 9.61. The summed E-state index contributed by atoms with van der Waals surface area (Å²) < 4.78 is 5.09. The second-order valence-electron chi connectivity index (χ2n) is 4.54. The highest BCUT2D eigenvalue weighted by atomic mass is 16.4. The fourth-order valence-electron chi connectivity index (χ4n) is 1.91. The van der Waals surface area contributed by atoms with Crippen LogP contribution in [-0.4, -0.2) is 28.0 Å². The molecule has 0 saturated carbocycles. The lowest BCUT2D eigenvalue weighted by Gasteiger charge is -2.13. The molecule has 1 unspecified atom stereocenters. The average molecular weight is 276 g/mol. The summed E-state index contributed by atoms with van der Waals surface area (Å²) in [5.74, 6) is -1.44. The Balaban J connectivity index is 2.10. The maximum atomic E-state index is 12.1. The third-order valence-electron chi connectivity index (χ3n) is 3.04. The van der Waals surface area contributed by atoms with E-state index in [1.165, 1.54) is 6.39 Å². The van der Waals surface area contributed by atoms with Gasteiger partial charge in [0.05, 0.1) is 0 Å². The summed E-state index contributed by atoms with van der Waals surface area (Å²) in [6.07, 6.45) is 3.35. The van der Waals surface area contributed by atoms with Crippen LogP contribution in [0.1, 0.15) is 36.5 Å². The number of benzene rings is 1. The van der Waals surface area contributed by atoms with Crippen LogP contribution in [0.2, 0.25) is 0 Å². The number of carbonyl (C=O) groups is 2. The molecule has 2 N–H and O–H groups in total. The molecule has 106 valence electrons. The van der Waals surface area contributed by atoms with E-state index in [-0.39, 0.29) is 0 Å². The molecule has 0 saturated heterocycles. The highest BCUT2D eigenvalue weighted by Gasteiger charge is 2.20. The van der Waals surface area contributed by atoms with Gasteiger partial charge >= 0.3 is 5.97 Å². The standard InChI is InChI=1S/C14H16N2O4/c1-2-3-4-10(14(18)19)16-13(17)9-5-6-12-11(7-9)15-8-20-12/h5-8,10H,2-4H2,1H3,(H,16,17)(H,18,19). The van der Waals surface area contributed by atoms with Crippen LogP contribution in [-0.2, 0) is 4.79 Å². The SMILES string of the molecule is CCCCC(NC(=O)c1ccc2ocnc2c1)C(=O)O. The number of aliphatic carboxylic acids is 1. The van der Waals surface area contributed by atoms with Gasteiger partial charge < -0.3 is 14.8 Å². The van der Waals surface area contributed by atoms with Crippen LogP contribution in [0.4, 0.5) is 0 Å². The van der Waals surface area contributed by atoms with Crippen LogP contribution in [0.5, 0.6) is 0 Å². The smallest absolute Gasteiger partial charge is 0.326 e. The predicted octanol–water partition coefficient (Wildman–Crippen LogP) is 2.20. The summed E-state index contributed by atoms with van der Waals surface area (Å²) in [6.45, 7) is 1.97. The number of carboxylic acids is 1. The molecule has 0 aliphatic rings. The Morgan fingerprint density at radius 2 is 2.25 bits per heavy atom. The number of aromatic nitrogens is 1. The lowest BCUT2D eigenvalue weighted by molar-refractivity contribution is -0.139. The fraction of sp³-hybridized carbons (Fsp3) is 0.357. The molecule has 0 radical (unpaired) electrons. The van der Waals surface area contributed by atoms with Crippen LogP contribution in [0.15, 0.2) is 29.0 Å². The third kappa shape index (κ3) is 3.14. The molecule has 1 aromatic carbocycles. The van der Waals surface area contributed by atoms with Crippen molar-refractivity contribution >= 4 is 23.0 Å². The van der Waals surface area contributed by atoms with Gasteiger partial charge in [-0.25, -0.2) is 9.78 Å². The van der Waals surface area contributed by atoms with Gasteiger partial charge in [-0.3, -0.25) is 4.79 Å². The van der Waals surface area contributed by atoms with Crippen molar-refractivity contribution in [3.63, 3.8) is 0 Å². The fourth-order valence-corrected chi connectivity index (χ4v) is 1.91. The van der Waals surface area contributed by atoms with E-state index in [2.05, 4.69) is 10.3 Å². The summed E-state index contributed by atoms with van der Waals surface area (Å²) in [7, 11) is 0. The Kier molecular flexibility index (Phi) is 4.34. The number of fused-ring (bicyclic) bond motifs is 1. The number of rotatable bonds is 6. The maximum absolute atomic E-state index is 12.1. The largest absolute Gasteiger partial charge is 0.480 e. The molecule has 0 fully saturated rings. The molecular weight excluding hydrogens is 260 g/mol. The molecule has 1 heterocycles. The minimum atomic E-state index is -1.02. The number of nitrogens with one attached hydrogen (secondary N) is 1. The highest BCUT2D eigenvalue weighted by Crippen LogP contribution is 2.14. The van der Waals surface area contributed by atoms with Crippen molar-refractivity contribution in [3.8, 4) is 0 Å². The first kappa shape index (κ1) is 14.0. The van der Waals surface area contributed by atoms with Crippen molar-refractivity contribution in [2.75, 3.05) is 0 Å². The topological polar surface area (TPSA) is 92.4 Å². The molecule has 1 amide bonds. The second-order valence-corrected chi connectivity index (χ2v) is 4.54. The van der Waals surface area contributed by atoms with E-state index in [1.54, 1.807) is 18.2 Å². The Hall–Kier alpha value is -2.37. The van der Waals surface area contributed by atoms with E-state index in [0.29, 0.717) is 23.1 Å². The van der Waals surface area contributed by atoms with Gasteiger partial charge in [-0.05, 0) is 24.6 Å². The van der Waals surface area contributed by atoms with Crippen LogP contribution in [0.25, 0.3) is 11.1 Å². The number of hydrogen-bond acceptors (Lipinski definition) is 4. The van der Waals surface area contributed by atoms with Crippen LogP contribution >= 0.6 is 0 Å². The predicted molar refractivity (Wildman–Crippen MR) is 72.4 cm³/mol. The van der Waals surface area contributed by atoms with Crippen LogP contribution < -0.4 is 5.32 Å². The molecule has 1 aromatic heterocycles. The Morgan fingerprint density at radius 1 is 1.45 bits per heavy atom. The van der Waals surface area contributed by atoms with Crippen molar-refractivity contribution < 1.29 is 19.1 Å². The summed E-state index contributed by atoms with van der Waals surface area (Å²) in [6, 6.07) is 3.93. The van der Waals surface area contributed by atoms with Gasteiger partial charge in [0.15, 0.2) is 12.0 Å². The Bertz CT molecular complexity index is 620. The zero-order chi connectivity index (χ0) is 14.5. The molecular formula is C14H16N2O4.